The van der Waals surface area contributed by atoms with E-state index in [1.54, 1.807) is 12.1 Å². The van der Waals surface area contributed by atoms with Crippen LogP contribution in [0.2, 0.25) is 0 Å². The van der Waals surface area contributed by atoms with Gasteiger partial charge < -0.3 is 14.9 Å². The van der Waals surface area contributed by atoms with Crippen molar-refractivity contribution in [3.63, 3.8) is 0 Å². The smallest absolute Gasteiger partial charge is 0.423 e. The van der Waals surface area contributed by atoms with Crippen LogP contribution in [0.1, 0.15) is 19.4 Å². The van der Waals surface area contributed by atoms with E-state index in [2.05, 4.69) is 77.7 Å². The van der Waals surface area contributed by atoms with E-state index in [9.17, 15) is 10.0 Å². The number of anilines is 3. The van der Waals surface area contributed by atoms with Gasteiger partial charge in [-0.25, -0.2) is 0 Å². The van der Waals surface area contributed by atoms with Crippen molar-refractivity contribution in [3.8, 4) is 11.1 Å². The first-order valence-electron chi connectivity index (χ1n) is 11.4. The average Bonchev–Trinajstić information content (AvgIpc) is 2.89. The molecule has 0 unspecified atom stereocenters. The molecule has 0 fully saturated rings. The van der Waals surface area contributed by atoms with Crippen LogP contribution in [0.15, 0.2) is 121 Å². The standard InChI is InChI=1S/C30H28BNO2/c1-3-8-23(4-2)25-11-17-28(18-12-25)32(30-21-15-27(16-22-30)31(33)34)29-19-13-26(14-20-29)24-9-6-5-7-10-24/h3-22,33-34H,1-2H3/b8-3-,23-4+. The molecule has 4 rings (SSSR count). The molecule has 0 radical (unpaired) electrons. The summed E-state index contributed by atoms with van der Waals surface area (Å²) in [6.45, 7) is 4.06. The first-order valence-corrected chi connectivity index (χ1v) is 11.4. The number of hydrogen-bond donors (Lipinski definition) is 2. The molecule has 0 aliphatic carbocycles. The van der Waals surface area contributed by atoms with Gasteiger partial charge in [-0.2, -0.15) is 0 Å². The molecule has 0 amide bonds. The lowest BCUT2D eigenvalue weighted by molar-refractivity contribution is 0.426. The van der Waals surface area contributed by atoms with E-state index in [0.29, 0.717) is 5.46 Å². The molecule has 0 aromatic heterocycles. The fourth-order valence-electron chi connectivity index (χ4n) is 4.02. The first-order chi connectivity index (χ1) is 16.6. The molecule has 0 spiro atoms. The molecule has 2 N–H and O–H groups in total. The number of rotatable bonds is 7. The summed E-state index contributed by atoms with van der Waals surface area (Å²) in [6, 6.07) is 34.6. The number of nitrogens with zero attached hydrogens (tertiary/aromatic N) is 1. The highest BCUT2D eigenvalue weighted by molar-refractivity contribution is 6.58. The van der Waals surface area contributed by atoms with Crippen LogP contribution in [0.5, 0.6) is 0 Å². The number of benzene rings is 4. The highest BCUT2D eigenvalue weighted by Crippen LogP contribution is 2.36. The van der Waals surface area contributed by atoms with Crippen molar-refractivity contribution in [3.05, 3.63) is 127 Å². The van der Waals surface area contributed by atoms with Gasteiger partial charge >= 0.3 is 7.12 Å². The van der Waals surface area contributed by atoms with Gasteiger partial charge in [-0.15, -0.1) is 0 Å². The Labute approximate surface area is 202 Å². The Morgan fingerprint density at radius 1 is 0.647 bits per heavy atom. The number of allylic oxidation sites excluding steroid dienone is 4. The summed E-state index contributed by atoms with van der Waals surface area (Å²) < 4.78 is 0. The molecule has 168 valence electrons. The Morgan fingerprint density at radius 2 is 1.15 bits per heavy atom. The quantitative estimate of drug-likeness (QED) is 0.253. The van der Waals surface area contributed by atoms with Crippen LogP contribution in [0.3, 0.4) is 0 Å². The molecule has 4 heteroatoms. The van der Waals surface area contributed by atoms with Gasteiger partial charge in [0.25, 0.3) is 0 Å². The zero-order chi connectivity index (χ0) is 23.9. The molecule has 0 aliphatic heterocycles. The number of hydrogen-bond acceptors (Lipinski definition) is 3. The second-order valence-electron chi connectivity index (χ2n) is 8.00. The zero-order valence-electron chi connectivity index (χ0n) is 19.5. The van der Waals surface area contributed by atoms with Crippen LogP contribution in [0.4, 0.5) is 17.1 Å². The summed E-state index contributed by atoms with van der Waals surface area (Å²) in [5, 5.41) is 19.0. The third kappa shape index (κ3) is 5.20. The van der Waals surface area contributed by atoms with E-state index in [1.807, 2.05) is 50.3 Å². The lowest BCUT2D eigenvalue weighted by Gasteiger charge is -2.26. The second-order valence-corrected chi connectivity index (χ2v) is 8.00. The molecule has 0 bridgehead atoms. The molecule has 0 saturated carbocycles. The van der Waals surface area contributed by atoms with Crippen molar-refractivity contribution in [2.24, 2.45) is 0 Å². The molecule has 3 nitrogen and oxygen atoms in total. The van der Waals surface area contributed by atoms with Crippen molar-refractivity contribution in [2.45, 2.75) is 13.8 Å². The molecule has 4 aromatic rings. The fraction of sp³-hybridized carbons (Fsp3) is 0.0667. The average molecular weight is 445 g/mol. The maximum absolute atomic E-state index is 9.51. The van der Waals surface area contributed by atoms with Gasteiger partial charge in [0.1, 0.15) is 0 Å². The van der Waals surface area contributed by atoms with E-state index in [0.717, 1.165) is 28.2 Å². The van der Waals surface area contributed by atoms with Crippen molar-refractivity contribution in [1.29, 1.82) is 0 Å². The van der Waals surface area contributed by atoms with E-state index < -0.39 is 7.12 Å². The highest BCUT2D eigenvalue weighted by Gasteiger charge is 2.15. The zero-order valence-corrected chi connectivity index (χ0v) is 19.5. The Hall–Kier alpha value is -3.86. The van der Waals surface area contributed by atoms with Crippen LogP contribution in [0.25, 0.3) is 16.7 Å². The minimum absolute atomic E-state index is 0.461. The third-order valence-corrected chi connectivity index (χ3v) is 5.80. The molecule has 34 heavy (non-hydrogen) atoms. The third-order valence-electron chi connectivity index (χ3n) is 5.80. The van der Waals surface area contributed by atoms with Gasteiger partial charge in [-0.1, -0.05) is 85.0 Å². The van der Waals surface area contributed by atoms with Crippen molar-refractivity contribution < 1.29 is 10.0 Å². The topological polar surface area (TPSA) is 43.7 Å². The maximum Gasteiger partial charge on any atom is 0.488 e. The van der Waals surface area contributed by atoms with Crippen LogP contribution >= 0.6 is 0 Å². The second kappa shape index (κ2) is 10.8. The predicted molar refractivity (Wildman–Crippen MR) is 145 cm³/mol. The van der Waals surface area contributed by atoms with Crippen molar-refractivity contribution in [2.75, 3.05) is 4.90 Å². The molecule has 0 aliphatic rings. The van der Waals surface area contributed by atoms with Crippen LogP contribution in [-0.4, -0.2) is 17.2 Å². The molecule has 4 aromatic carbocycles. The first kappa shape index (κ1) is 23.3. The molecule has 0 saturated heterocycles. The van der Waals surface area contributed by atoms with Crippen LogP contribution in [0, 0.1) is 0 Å². The van der Waals surface area contributed by atoms with E-state index in [4.69, 9.17) is 0 Å². The van der Waals surface area contributed by atoms with Gasteiger partial charge in [-0.3, -0.25) is 0 Å². The summed E-state index contributed by atoms with van der Waals surface area (Å²) in [5.74, 6) is 0. The van der Waals surface area contributed by atoms with Gasteiger partial charge in [0, 0.05) is 17.1 Å². The monoisotopic (exact) mass is 445 g/mol. The maximum atomic E-state index is 9.51. The fourth-order valence-corrected chi connectivity index (χ4v) is 4.02. The van der Waals surface area contributed by atoms with Crippen molar-refractivity contribution >= 4 is 35.2 Å². The summed E-state index contributed by atoms with van der Waals surface area (Å²) >= 11 is 0. The predicted octanol–water partition coefficient (Wildman–Crippen LogP) is 6.48. The van der Waals surface area contributed by atoms with Crippen molar-refractivity contribution in [1.82, 2.24) is 0 Å². The molecular weight excluding hydrogens is 417 g/mol. The Balaban J connectivity index is 1.74. The summed E-state index contributed by atoms with van der Waals surface area (Å²) in [7, 11) is -1.49. The lowest BCUT2D eigenvalue weighted by Crippen LogP contribution is -2.29. The largest absolute Gasteiger partial charge is 0.488 e. The Morgan fingerprint density at radius 3 is 1.65 bits per heavy atom. The molecule has 0 atom stereocenters. The van der Waals surface area contributed by atoms with Gasteiger partial charge in [-0.05, 0) is 78.0 Å². The Bertz CT molecular complexity index is 1260. The summed E-state index contributed by atoms with van der Waals surface area (Å²) in [6.07, 6.45) is 6.25. The van der Waals surface area contributed by atoms with Gasteiger partial charge in [0.15, 0.2) is 0 Å². The van der Waals surface area contributed by atoms with Gasteiger partial charge in [0.2, 0.25) is 0 Å². The van der Waals surface area contributed by atoms with E-state index in [-0.39, 0.29) is 0 Å². The SMILES string of the molecule is C/C=C\C(=C/C)c1ccc(N(c2ccc(B(O)O)cc2)c2ccc(-c3ccccc3)cc2)cc1. The highest BCUT2D eigenvalue weighted by atomic mass is 16.4. The molecular formula is C30H28BNO2. The van der Waals surface area contributed by atoms with Gasteiger partial charge in [0.05, 0.1) is 0 Å². The lowest BCUT2D eigenvalue weighted by atomic mass is 9.80. The normalized spacial score (nSPS) is 11.6. The summed E-state index contributed by atoms with van der Waals surface area (Å²) in [4.78, 5) is 2.16. The van der Waals surface area contributed by atoms with Crippen LogP contribution in [-0.2, 0) is 0 Å². The minimum atomic E-state index is -1.49. The minimum Gasteiger partial charge on any atom is -0.423 e. The Kier molecular flexibility index (Phi) is 7.43. The van der Waals surface area contributed by atoms with Crippen LogP contribution < -0.4 is 10.4 Å². The molecule has 0 heterocycles. The van der Waals surface area contributed by atoms with E-state index in [1.165, 1.54) is 11.1 Å². The summed E-state index contributed by atoms with van der Waals surface area (Å²) in [5.41, 5.74) is 8.09. The van der Waals surface area contributed by atoms with E-state index >= 15 is 0 Å².